The zero-order chi connectivity index (χ0) is 18.2. The molecule has 0 aliphatic carbocycles. The lowest BCUT2D eigenvalue weighted by Crippen LogP contribution is -2.42. The van der Waals surface area contributed by atoms with Crippen molar-refractivity contribution < 1.29 is 0 Å². The molecule has 27 heavy (non-hydrogen) atoms. The van der Waals surface area contributed by atoms with Crippen LogP contribution in [0.4, 0.5) is 0 Å². The van der Waals surface area contributed by atoms with Gasteiger partial charge in [-0.1, -0.05) is 24.3 Å². The van der Waals surface area contributed by atoms with Crippen LogP contribution in [0.3, 0.4) is 0 Å². The van der Waals surface area contributed by atoms with E-state index in [4.69, 9.17) is 11.5 Å². The Morgan fingerprint density at radius 3 is 1.41 bits per heavy atom. The third kappa shape index (κ3) is 7.26. The lowest BCUT2D eigenvalue weighted by atomic mass is 10.1. The summed E-state index contributed by atoms with van der Waals surface area (Å²) in [5, 5.41) is 0. The second-order valence-electron chi connectivity index (χ2n) is 6.36. The molecule has 4 N–H and O–H groups in total. The van der Waals surface area contributed by atoms with E-state index < -0.39 is 0 Å². The number of nitrogens with zero attached hydrogens (tertiary/aromatic N) is 4. The van der Waals surface area contributed by atoms with E-state index in [0.717, 1.165) is 60.3 Å². The van der Waals surface area contributed by atoms with Gasteiger partial charge in [-0.3, -0.25) is 0 Å². The molecule has 150 valence electrons. The maximum atomic E-state index is 6.11. The predicted octanol–water partition coefficient (Wildman–Crippen LogP) is 2.03. The molecule has 0 radical (unpaired) electrons. The molecule has 2 aliphatic rings. The number of hydrogen-bond acceptors (Lipinski definition) is 4. The van der Waals surface area contributed by atoms with Gasteiger partial charge in [-0.2, -0.15) is 23.5 Å². The van der Waals surface area contributed by atoms with E-state index in [1.54, 1.807) is 0 Å². The molecule has 6 nitrogen and oxygen atoms in total. The fourth-order valence-electron chi connectivity index (χ4n) is 2.88. The van der Waals surface area contributed by atoms with Crippen LogP contribution in [0.5, 0.6) is 0 Å². The Morgan fingerprint density at radius 1 is 0.741 bits per heavy atom. The van der Waals surface area contributed by atoms with Gasteiger partial charge in [0.1, 0.15) is 0 Å². The first-order valence-corrected chi connectivity index (χ1v) is 11.4. The Balaban J connectivity index is 0.00000261. The Hall–Kier alpha value is -0.810. The van der Waals surface area contributed by atoms with E-state index in [1.807, 2.05) is 23.5 Å². The molecule has 3 rings (SSSR count). The number of thioether (sulfide) groups is 2. The summed E-state index contributed by atoms with van der Waals surface area (Å²) in [7, 11) is 0. The lowest BCUT2D eigenvalue weighted by molar-refractivity contribution is 0.455. The van der Waals surface area contributed by atoms with Gasteiger partial charge in [-0.05, 0) is 11.1 Å². The summed E-state index contributed by atoms with van der Waals surface area (Å²) in [6, 6.07) is 8.39. The summed E-state index contributed by atoms with van der Waals surface area (Å²) in [6.45, 7) is 5.21. The number of nitrogens with two attached hydrogens (primary N) is 2. The van der Waals surface area contributed by atoms with Crippen molar-refractivity contribution in [1.82, 2.24) is 9.80 Å². The highest BCUT2D eigenvalue weighted by molar-refractivity contribution is 14.0. The molecule has 2 saturated heterocycles. The zero-order valence-electron chi connectivity index (χ0n) is 15.5. The molecule has 0 spiro atoms. The molecule has 0 aromatic heterocycles. The Bertz CT molecular complexity index is 570. The van der Waals surface area contributed by atoms with Gasteiger partial charge < -0.3 is 21.3 Å². The topological polar surface area (TPSA) is 83.2 Å². The van der Waals surface area contributed by atoms with Crippen molar-refractivity contribution in [2.45, 2.75) is 13.1 Å². The molecule has 2 fully saturated rings. The number of guanidine groups is 2. The molecular formula is C18H29IN6S2. The molecule has 0 saturated carbocycles. The average molecular weight is 521 g/mol. The first-order valence-electron chi connectivity index (χ1n) is 9.05. The van der Waals surface area contributed by atoms with Crippen LogP contribution in [0, 0.1) is 0 Å². The number of benzene rings is 1. The van der Waals surface area contributed by atoms with Crippen LogP contribution in [0.15, 0.2) is 34.3 Å². The number of halogens is 1. The Labute approximate surface area is 187 Å². The average Bonchev–Trinajstić information content (AvgIpc) is 2.72. The molecule has 1 aromatic carbocycles. The van der Waals surface area contributed by atoms with Crippen molar-refractivity contribution in [2.75, 3.05) is 49.2 Å². The van der Waals surface area contributed by atoms with Gasteiger partial charge in [-0.15, -0.1) is 24.0 Å². The highest BCUT2D eigenvalue weighted by atomic mass is 127. The first-order chi connectivity index (χ1) is 12.7. The van der Waals surface area contributed by atoms with Gasteiger partial charge in [0.25, 0.3) is 0 Å². The quantitative estimate of drug-likeness (QED) is 0.359. The zero-order valence-corrected chi connectivity index (χ0v) is 19.5. The minimum absolute atomic E-state index is 0. The van der Waals surface area contributed by atoms with Gasteiger partial charge in [0.15, 0.2) is 11.9 Å². The van der Waals surface area contributed by atoms with Crippen molar-refractivity contribution in [3.63, 3.8) is 0 Å². The molecule has 9 heteroatoms. The fraction of sp³-hybridized carbons (Fsp3) is 0.556. The van der Waals surface area contributed by atoms with Crippen molar-refractivity contribution in [2.24, 2.45) is 21.5 Å². The normalized spacial score (nSPS) is 19.0. The second-order valence-corrected chi connectivity index (χ2v) is 8.81. The fourth-order valence-corrected chi connectivity index (χ4v) is 4.69. The maximum Gasteiger partial charge on any atom is 0.191 e. The van der Waals surface area contributed by atoms with Crippen LogP contribution < -0.4 is 11.5 Å². The molecule has 0 atom stereocenters. The van der Waals surface area contributed by atoms with Crippen molar-refractivity contribution in [3.8, 4) is 0 Å². The monoisotopic (exact) mass is 520 g/mol. The van der Waals surface area contributed by atoms with Crippen molar-refractivity contribution in [3.05, 3.63) is 35.4 Å². The third-order valence-corrected chi connectivity index (χ3v) is 6.43. The van der Waals surface area contributed by atoms with Gasteiger partial charge in [0.05, 0.1) is 13.1 Å². The van der Waals surface area contributed by atoms with Crippen LogP contribution in [0.25, 0.3) is 0 Å². The standard InChI is InChI=1S/C18H28N6S2.HI/c19-17(23-5-9-25-10-6-23)21-13-15-1-2-16(4-3-15)14-22-18(20)24-7-11-26-12-8-24;/h1-4H,5-14H2,(H2,19,21)(H2,20,22);1H. The molecule has 0 unspecified atom stereocenters. The lowest BCUT2D eigenvalue weighted by Gasteiger charge is -2.27. The molecule has 1 aromatic rings. The van der Waals surface area contributed by atoms with Crippen LogP contribution in [0.1, 0.15) is 11.1 Å². The van der Waals surface area contributed by atoms with Gasteiger partial charge >= 0.3 is 0 Å². The first kappa shape index (κ1) is 22.5. The van der Waals surface area contributed by atoms with Crippen LogP contribution in [0.2, 0.25) is 0 Å². The molecule has 2 aliphatic heterocycles. The summed E-state index contributed by atoms with van der Waals surface area (Å²) in [5.74, 6) is 5.84. The van der Waals surface area contributed by atoms with Crippen molar-refractivity contribution >= 4 is 59.4 Å². The minimum atomic E-state index is 0. The van der Waals surface area contributed by atoms with E-state index in [2.05, 4.69) is 44.1 Å². The van der Waals surface area contributed by atoms with E-state index in [0.29, 0.717) is 25.0 Å². The van der Waals surface area contributed by atoms with E-state index >= 15 is 0 Å². The SMILES string of the molecule is I.NC(=NCc1ccc(CN=C(N)N2CCSCC2)cc1)N1CCSCC1. The largest absolute Gasteiger partial charge is 0.370 e. The highest BCUT2D eigenvalue weighted by Crippen LogP contribution is 2.11. The minimum Gasteiger partial charge on any atom is -0.370 e. The Morgan fingerprint density at radius 2 is 1.07 bits per heavy atom. The smallest absolute Gasteiger partial charge is 0.191 e. The van der Waals surface area contributed by atoms with Crippen LogP contribution in [-0.4, -0.2) is 70.9 Å². The van der Waals surface area contributed by atoms with E-state index in [-0.39, 0.29) is 24.0 Å². The molecule has 0 bridgehead atoms. The van der Waals surface area contributed by atoms with Gasteiger partial charge in [-0.25, -0.2) is 9.98 Å². The van der Waals surface area contributed by atoms with Crippen LogP contribution in [-0.2, 0) is 13.1 Å². The third-order valence-electron chi connectivity index (χ3n) is 4.54. The second kappa shape index (κ2) is 11.9. The molecule has 2 heterocycles. The number of aliphatic imine (C=N–C) groups is 2. The summed E-state index contributed by atoms with van der Waals surface area (Å²) in [4.78, 5) is 13.4. The van der Waals surface area contributed by atoms with E-state index in [9.17, 15) is 0 Å². The number of rotatable bonds is 4. The molecular weight excluding hydrogens is 491 g/mol. The highest BCUT2D eigenvalue weighted by Gasteiger charge is 2.12. The van der Waals surface area contributed by atoms with Gasteiger partial charge in [0.2, 0.25) is 0 Å². The summed E-state index contributed by atoms with van der Waals surface area (Å²) in [5.41, 5.74) is 14.5. The summed E-state index contributed by atoms with van der Waals surface area (Å²) < 4.78 is 0. The predicted molar refractivity (Wildman–Crippen MR) is 130 cm³/mol. The molecule has 0 amide bonds. The van der Waals surface area contributed by atoms with Crippen LogP contribution >= 0.6 is 47.5 Å². The Kier molecular flexibility index (Phi) is 9.91. The summed E-state index contributed by atoms with van der Waals surface area (Å²) >= 11 is 3.94. The summed E-state index contributed by atoms with van der Waals surface area (Å²) in [6.07, 6.45) is 0. The maximum absolute atomic E-state index is 6.11. The number of hydrogen-bond donors (Lipinski definition) is 2. The van der Waals surface area contributed by atoms with E-state index in [1.165, 1.54) is 0 Å². The van der Waals surface area contributed by atoms with Crippen molar-refractivity contribution in [1.29, 1.82) is 0 Å². The van der Waals surface area contributed by atoms with Gasteiger partial charge in [0, 0.05) is 49.2 Å².